The first kappa shape index (κ1) is 14.8. The summed E-state index contributed by atoms with van der Waals surface area (Å²) < 4.78 is 0. The molecule has 0 aromatic rings. The summed E-state index contributed by atoms with van der Waals surface area (Å²) in [5, 5.41) is 0. The lowest BCUT2D eigenvalue weighted by Gasteiger charge is -2.05. The van der Waals surface area contributed by atoms with Gasteiger partial charge in [0, 0.05) is 0 Å². The van der Waals surface area contributed by atoms with Crippen molar-refractivity contribution in [3.05, 3.63) is 22.8 Å². The van der Waals surface area contributed by atoms with Gasteiger partial charge in [0.1, 0.15) is 5.78 Å². The molecule has 2 nitrogen and oxygen atoms in total. The van der Waals surface area contributed by atoms with Gasteiger partial charge in [-0.1, -0.05) is 17.2 Å². The van der Waals surface area contributed by atoms with Crippen LogP contribution in [-0.2, 0) is 9.59 Å². The van der Waals surface area contributed by atoms with Crippen LogP contribution in [0.5, 0.6) is 0 Å². The zero-order valence-electron chi connectivity index (χ0n) is 11.0. The Morgan fingerprint density at radius 1 is 1.00 bits per heavy atom. The fourth-order valence-corrected chi connectivity index (χ4v) is 1.36. The normalized spacial score (nSPS) is 11.8. The van der Waals surface area contributed by atoms with Crippen LogP contribution in [0, 0.1) is 0 Å². The average Bonchev–Trinajstić information content (AvgIpc) is 2.14. The predicted molar refractivity (Wildman–Crippen MR) is 67.3 cm³/mol. The van der Waals surface area contributed by atoms with E-state index in [1.807, 2.05) is 13.8 Å². The zero-order valence-corrected chi connectivity index (χ0v) is 11.0. The van der Waals surface area contributed by atoms with Gasteiger partial charge < -0.3 is 0 Å². The smallest absolute Gasteiger partial charge is 0.165 e. The lowest BCUT2D eigenvalue weighted by molar-refractivity contribution is -0.123. The monoisotopic (exact) mass is 222 g/mol. The molecule has 0 radical (unpaired) electrons. The molecular formula is C14H22O2. The van der Waals surface area contributed by atoms with E-state index in [9.17, 15) is 9.59 Å². The van der Waals surface area contributed by atoms with Crippen LogP contribution < -0.4 is 0 Å². The Morgan fingerprint density at radius 2 is 1.56 bits per heavy atom. The van der Waals surface area contributed by atoms with Gasteiger partial charge in [-0.25, -0.2) is 0 Å². The fourth-order valence-electron chi connectivity index (χ4n) is 1.36. The minimum absolute atomic E-state index is 0.0335. The Kier molecular flexibility index (Phi) is 6.63. The van der Waals surface area contributed by atoms with Gasteiger partial charge in [-0.3, -0.25) is 9.59 Å². The molecule has 0 bridgehead atoms. The lowest BCUT2D eigenvalue weighted by atomic mass is 9.99. The molecule has 0 aliphatic carbocycles. The molecule has 2 heteroatoms. The van der Waals surface area contributed by atoms with E-state index in [0.29, 0.717) is 0 Å². The van der Waals surface area contributed by atoms with E-state index in [1.165, 1.54) is 12.5 Å². The van der Waals surface area contributed by atoms with Crippen molar-refractivity contribution in [2.24, 2.45) is 0 Å². The second-order valence-electron chi connectivity index (χ2n) is 4.53. The number of allylic oxidation sites excluding steroid dienone is 4. The van der Waals surface area contributed by atoms with Crippen LogP contribution in [0.1, 0.15) is 53.9 Å². The molecule has 0 saturated heterocycles. The lowest BCUT2D eigenvalue weighted by Crippen LogP contribution is -2.07. The summed E-state index contributed by atoms with van der Waals surface area (Å²) in [7, 11) is 0. The van der Waals surface area contributed by atoms with Crippen molar-refractivity contribution in [1.29, 1.82) is 0 Å². The second kappa shape index (κ2) is 7.15. The van der Waals surface area contributed by atoms with Gasteiger partial charge in [-0.05, 0) is 53.0 Å². The molecule has 0 saturated carbocycles. The fraction of sp³-hybridized carbons (Fsp3) is 0.571. The molecule has 90 valence electrons. The van der Waals surface area contributed by atoms with Crippen LogP contribution in [0.2, 0.25) is 0 Å². The van der Waals surface area contributed by atoms with Gasteiger partial charge in [0.2, 0.25) is 0 Å². The Labute approximate surface area is 98.4 Å². The van der Waals surface area contributed by atoms with Gasteiger partial charge in [0.25, 0.3) is 0 Å². The van der Waals surface area contributed by atoms with E-state index >= 15 is 0 Å². The van der Waals surface area contributed by atoms with Crippen molar-refractivity contribution in [3.63, 3.8) is 0 Å². The van der Waals surface area contributed by atoms with E-state index in [-0.39, 0.29) is 18.0 Å². The van der Waals surface area contributed by atoms with Gasteiger partial charge in [0.15, 0.2) is 5.78 Å². The molecule has 0 rings (SSSR count). The molecule has 0 aliphatic heterocycles. The highest BCUT2D eigenvalue weighted by Crippen LogP contribution is 2.13. The number of rotatable bonds is 6. The molecule has 0 heterocycles. The van der Waals surface area contributed by atoms with Crippen LogP contribution in [0.4, 0.5) is 0 Å². The predicted octanol–water partition coefficient (Wildman–Crippen LogP) is 3.62. The highest BCUT2D eigenvalue weighted by atomic mass is 16.1. The Balaban J connectivity index is 4.40. The second-order valence-corrected chi connectivity index (χ2v) is 4.53. The molecule has 0 fully saturated rings. The summed E-state index contributed by atoms with van der Waals surface area (Å²) in [5.41, 5.74) is 3.13. The number of ketones is 2. The summed E-state index contributed by atoms with van der Waals surface area (Å²) in [6.45, 7) is 9.35. The summed E-state index contributed by atoms with van der Waals surface area (Å²) in [6, 6.07) is 0. The maximum atomic E-state index is 11.6. The summed E-state index contributed by atoms with van der Waals surface area (Å²) >= 11 is 0. The molecule has 0 N–H and O–H groups in total. The van der Waals surface area contributed by atoms with Crippen molar-refractivity contribution in [3.8, 4) is 0 Å². The van der Waals surface area contributed by atoms with Crippen molar-refractivity contribution >= 4 is 11.6 Å². The van der Waals surface area contributed by atoms with Gasteiger partial charge >= 0.3 is 0 Å². The molecular weight excluding hydrogens is 200 g/mol. The first-order valence-electron chi connectivity index (χ1n) is 5.67. The first-order chi connectivity index (χ1) is 7.34. The molecule has 0 aliphatic rings. The van der Waals surface area contributed by atoms with Crippen LogP contribution in [0.3, 0.4) is 0 Å². The number of carbonyl (C=O) groups excluding carboxylic acids is 2. The molecule has 0 unspecified atom stereocenters. The van der Waals surface area contributed by atoms with E-state index in [2.05, 4.69) is 19.9 Å². The van der Waals surface area contributed by atoms with Crippen LogP contribution >= 0.6 is 0 Å². The van der Waals surface area contributed by atoms with Crippen LogP contribution in [0.25, 0.3) is 0 Å². The highest BCUT2D eigenvalue weighted by molar-refractivity contribution is 6.06. The van der Waals surface area contributed by atoms with Crippen molar-refractivity contribution in [1.82, 2.24) is 0 Å². The molecule has 0 spiro atoms. The largest absolute Gasteiger partial charge is 0.300 e. The highest BCUT2D eigenvalue weighted by Gasteiger charge is 2.09. The first-order valence-corrected chi connectivity index (χ1v) is 5.67. The van der Waals surface area contributed by atoms with Crippen LogP contribution in [0.15, 0.2) is 22.8 Å². The number of carbonyl (C=O) groups is 2. The Bertz CT molecular complexity index is 329. The van der Waals surface area contributed by atoms with Crippen LogP contribution in [-0.4, -0.2) is 11.6 Å². The third kappa shape index (κ3) is 6.33. The molecule has 0 amide bonds. The van der Waals surface area contributed by atoms with Gasteiger partial charge in [-0.2, -0.15) is 0 Å². The minimum atomic E-state index is -0.0681. The minimum Gasteiger partial charge on any atom is -0.300 e. The van der Waals surface area contributed by atoms with Gasteiger partial charge in [-0.15, -0.1) is 0 Å². The number of Topliss-reactive ketones (excluding diaryl/α,β-unsaturated/α-hetero) is 2. The maximum Gasteiger partial charge on any atom is 0.165 e. The molecule has 0 atom stereocenters. The van der Waals surface area contributed by atoms with Crippen molar-refractivity contribution < 1.29 is 9.59 Å². The van der Waals surface area contributed by atoms with E-state index in [4.69, 9.17) is 0 Å². The third-order valence-electron chi connectivity index (χ3n) is 2.54. The average molecular weight is 222 g/mol. The summed E-state index contributed by atoms with van der Waals surface area (Å²) in [6.07, 6.45) is 4.04. The summed E-state index contributed by atoms with van der Waals surface area (Å²) in [4.78, 5) is 22.4. The SMILES string of the molecule is CC(=O)CC(=O)/C(C)=C(\C)CCC=C(C)C. The quantitative estimate of drug-likeness (QED) is 0.391. The summed E-state index contributed by atoms with van der Waals surface area (Å²) in [5.74, 6) is -0.108. The standard InChI is InChI=1S/C14H22O2/c1-10(2)7-6-8-11(3)13(5)14(16)9-12(4)15/h7H,6,8-9H2,1-5H3/b13-11+. The Morgan fingerprint density at radius 3 is 2.00 bits per heavy atom. The van der Waals surface area contributed by atoms with Gasteiger partial charge in [0.05, 0.1) is 6.42 Å². The van der Waals surface area contributed by atoms with E-state index in [1.54, 1.807) is 0 Å². The maximum absolute atomic E-state index is 11.6. The molecule has 16 heavy (non-hydrogen) atoms. The Hall–Kier alpha value is -1.18. The molecule has 0 aromatic carbocycles. The number of hydrogen-bond donors (Lipinski definition) is 0. The topological polar surface area (TPSA) is 34.1 Å². The molecule has 0 aromatic heterocycles. The zero-order chi connectivity index (χ0) is 12.7. The third-order valence-corrected chi connectivity index (χ3v) is 2.54. The van der Waals surface area contributed by atoms with Crippen molar-refractivity contribution in [2.45, 2.75) is 53.9 Å². The van der Waals surface area contributed by atoms with E-state index < -0.39 is 0 Å². The van der Waals surface area contributed by atoms with E-state index in [0.717, 1.165) is 24.0 Å². The van der Waals surface area contributed by atoms with Crippen molar-refractivity contribution in [2.75, 3.05) is 0 Å². The number of hydrogen-bond acceptors (Lipinski definition) is 2.